The van der Waals surface area contributed by atoms with Gasteiger partial charge in [-0.3, -0.25) is 4.70 Å². The number of halogens is 4. The molecular weight excluding hydrogens is 476 g/mol. The molecule has 0 heterocycles. The van der Waals surface area contributed by atoms with Gasteiger partial charge in [0.05, 0.1) is 0 Å². The van der Waals surface area contributed by atoms with Gasteiger partial charge in [0, 0.05) is 0 Å². The van der Waals surface area contributed by atoms with Gasteiger partial charge in [0.2, 0.25) is 0 Å². The summed E-state index contributed by atoms with van der Waals surface area (Å²) in [6, 6.07) is 11.1. The zero-order chi connectivity index (χ0) is 27.1. The van der Waals surface area contributed by atoms with Crippen molar-refractivity contribution >= 4 is 6.29 Å². The highest BCUT2D eigenvalue weighted by Gasteiger charge is 2.43. The van der Waals surface area contributed by atoms with E-state index in [-0.39, 0.29) is 27.3 Å². The minimum absolute atomic E-state index is 0. The highest BCUT2D eigenvalue weighted by Crippen LogP contribution is 2.44. The molecule has 0 aliphatic carbocycles. The van der Waals surface area contributed by atoms with Gasteiger partial charge >= 0.3 is 6.18 Å². The number of rotatable bonds is 2. The molecule has 0 spiro atoms. The molecule has 0 amide bonds. The maximum atomic E-state index is 13.8. The molecule has 0 bridgehead atoms. The van der Waals surface area contributed by atoms with Gasteiger partial charge in [0.25, 0.3) is 0 Å². The SMILES string of the molecule is CC=O.Cc1cc(C(c2cc(C)c(O)cc2C)C(F)(F)F)c(C)cc1O.Cc1ccc(C)c(O)c1.F. The van der Waals surface area contributed by atoms with Crippen LogP contribution in [0.5, 0.6) is 17.2 Å². The molecule has 0 aliphatic rings. The number of carbonyl (C=O) groups is 1. The summed E-state index contributed by atoms with van der Waals surface area (Å²) in [5, 5.41) is 28.5. The van der Waals surface area contributed by atoms with Crippen LogP contribution in [0.3, 0.4) is 0 Å². The molecule has 198 valence electrons. The van der Waals surface area contributed by atoms with Crippen molar-refractivity contribution < 1.29 is 38.0 Å². The smallest absolute Gasteiger partial charge is 0.399 e. The van der Waals surface area contributed by atoms with E-state index in [1.54, 1.807) is 33.8 Å². The molecule has 0 saturated carbocycles. The number of phenols is 3. The van der Waals surface area contributed by atoms with Gasteiger partial charge in [-0.2, -0.15) is 13.2 Å². The van der Waals surface area contributed by atoms with Crippen LogP contribution in [-0.4, -0.2) is 27.8 Å². The van der Waals surface area contributed by atoms with E-state index in [9.17, 15) is 23.4 Å². The van der Waals surface area contributed by atoms with Crippen molar-refractivity contribution in [2.24, 2.45) is 0 Å². The number of aldehydes is 1. The van der Waals surface area contributed by atoms with Crippen LogP contribution in [0.15, 0.2) is 42.5 Å². The molecule has 3 rings (SSSR count). The van der Waals surface area contributed by atoms with Crippen LogP contribution in [0.4, 0.5) is 17.9 Å². The zero-order valence-corrected chi connectivity index (χ0v) is 21.5. The maximum absolute atomic E-state index is 13.8. The molecule has 0 unspecified atom stereocenters. The average Bonchev–Trinajstić information content (AvgIpc) is 2.73. The van der Waals surface area contributed by atoms with Gasteiger partial charge in [-0.1, -0.05) is 24.3 Å². The van der Waals surface area contributed by atoms with Gasteiger partial charge in [-0.25, -0.2) is 0 Å². The lowest BCUT2D eigenvalue weighted by molar-refractivity contribution is -0.141. The molecule has 0 radical (unpaired) electrons. The first-order valence-electron chi connectivity index (χ1n) is 11.0. The van der Waals surface area contributed by atoms with Crippen LogP contribution >= 0.6 is 0 Å². The highest BCUT2D eigenvalue weighted by molar-refractivity contribution is 5.50. The Kier molecular flexibility index (Phi) is 12.2. The number of benzene rings is 3. The van der Waals surface area contributed by atoms with E-state index < -0.39 is 12.1 Å². The van der Waals surface area contributed by atoms with Crippen LogP contribution < -0.4 is 0 Å². The first-order chi connectivity index (χ1) is 16.1. The Morgan fingerprint density at radius 1 is 0.667 bits per heavy atom. The van der Waals surface area contributed by atoms with Gasteiger partial charge in [0.15, 0.2) is 0 Å². The van der Waals surface area contributed by atoms with E-state index in [0.29, 0.717) is 28.0 Å². The van der Waals surface area contributed by atoms with Gasteiger partial charge in [-0.15, -0.1) is 0 Å². The Labute approximate surface area is 209 Å². The molecule has 3 N–H and O–H groups in total. The number of aromatic hydroxyl groups is 3. The van der Waals surface area contributed by atoms with Gasteiger partial charge in [-0.05, 0) is 111 Å². The molecule has 36 heavy (non-hydrogen) atoms. The fourth-order valence-corrected chi connectivity index (χ4v) is 3.51. The van der Waals surface area contributed by atoms with Crippen molar-refractivity contribution in [3.63, 3.8) is 0 Å². The molecule has 3 aromatic rings. The van der Waals surface area contributed by atoms with E-state index >= 15 is 0 Å². The Balaban J connectivity index is 0.000000784. The number of aryl methyl sites for hydroxylation is 6. The maximum Gasteiger partial charge on any atom is 0.399 e. The molecule has 0 aromatic heterocycles. The number of hydrogen-bond acceptors (Lipinski definition) is 4. The van der Waals surface area contributed by atoms with Crippen LogP contribution in [0.2, 0.25) is 0 Å². The summed E-state index contributed by atoms with van der Waals surface area (Å²) in [6.07, 6.45) is -3.73. The predicted molar refractivity (Wildman–Crippen MR) is 135 cm³/mol. The fraction of sp³-hybridized carbons (Fsp3) is 0.321. The monoisotopic (exact) mass is 510 g/mol. The summed E-state index contributed by atoms with van der Waals surface area (Å²) in [5.41, 5.74) is 3.79. The van der Waals surface area contributed by atoms with Crippen molar-refractivity contribution in [1.29, 1.82) is 0 Å². The lowest BCUT2D eigenvalue weighted by atomic mass is 9.84. The highest BCUT2D eigenvalue weighted by atomic mass is 19.4. The third-order valence-corrected chi connectivity index (χ3v) is 5.48. The molecule has 0 aliphatic heterocycles. The fourth-order valence-electron chi connectivity index (χ4n) is 3.51. The van der Waals surface area contributed by atoms with E-state index in [4.69, 9.17) is 9.90 Å². The van der Waals surface area contributed by atoms with Crippen molar-refractivity contribution in [3.8, 4) is 17.2 Å². The standard InChI is InChI=1S/C18H19F3O2.C8H10O.C2H4O.FH/c1-9-7-15(22)11(3)5-13(9)17(18(19,20)21)14-6-12(4)16(23)8-10(14)2;1-6-3-4-7(2)8(9)5-6;1-2-3;/h5-8,17,22-23H,1-4H3;3-5,9H,1-2H3;2H,1H3;1H. The average molecular weight is 511 g/mol. The van der Waals surface area contributed by atoms with Crippen molar-refractivity contribution in [2.75, 3.05) is 0 Å². The lowest BCUT2D eigenvalue weighted by Gasteiger charge is -2.25. The Morgan fingerprint density at radius 2 is 1.03 bits per heavy atom. The summed E-state index contributed by atoms with van der Waals surface area (Å²) in [6.45, 7) is 11.5. The first-order valence-corrected chi connectivity index (χ1v) is 11.0. The largest absolute Gasteiger partial charge is 0.508 e. The molecule has 4 nitrogen and oxygen atoms in total. The Morgan fingerprint density at radius 3 is 1.33 bits per heavy atom. The molecule has 0 atom stereocenters. The first kappa shape index (κ1) is 32.5. The van der Waals surface area contributed by atoms with E-state index in [0.717, 1.165) is 17.4 Å². The topological polar surface area (TPSA) is 77.8 Å². The van der Waals surface area contributed by atoms with Crippen LogP contribution in [0.25, 0.3) is 0 Å². The second-order valence-electron chi connectivity index (χ2n) is 8.49. The summed E-state index contributed by atoms with van der Waals surface area (Å²) < 4.78 is 41.4. The summed E-state index contributed by atoms with van der Waals surface area (Å²) >= 11 is 0. The minimum atomic E-state index is -4.48. The van der Waals surface area contributed by atoms with E-state index in [1.807, 2.05) is 26.0 Å². The van der Waals surface area contributed by atoms with E-state index in [1.165, 1.54) is 31.2 Å². The summed E-state index contributed by atoms with van der Waals surface area (Å²) in [7, 11) is 0. The van der Waals surface area contributed by atoms with Gasteiger partial charge in [0.1, 0.15) is 29.5 Å². The lowest BCUT2D eigenvalue weighted by Crippen LogP contribution is -2.24. The second-order valence-corrected chi connectivity index (χ2v) is 8.49. The molecule has 0 saturated heterocycles. The zero-order valence-electron chi connectivity index (χ0n) is 21.5. The number of phenolic OH excluding ortho intramolecular Hbond substituents is 3. The normalized spacial score (nSPS) is 10.4. The third kappa shape index (κ3) is 8.59. The quantitative estimate of drug-likeness (QED) is 0.248. The number of hydrogen-bond donors (Lipinski definition) is 3. The Hall–Kier alpha value is -3.55. The van der Waals surface area contributed by atoms with Gasteiger partial charge < -0.3 is 20.1 Å². The number of alkyl halides is 3. The molecular formula is C28H34F4O4. The predicted octanol–water partition coefficient (Wildman–Crippen LogP) is 7.39. The Bertz CT molecular complexity index is 1110. The molecule has 0 fully saturated rings. The van der Waals surface area contributed by atoms with Crippen molar-refractivity contribution in [3.05, 3.63) is 87.0 Å². The van der Waals surface area contributed by atoms with Crippen molar-refractivity contribution in [1.82, 2.24) is 0 Å². The van der Waals surface area contributed by atoms with Crippen LogP contribution in [-0.2, 0) is 4.79 Å². The number of carbonyl (C=O) groups excluding carboxylic acids is 1. The summed E-state index contributed by atoms with van der Waals surface area (Å²) in [5.74, 6) is -1.47. The molecule has 8 heteroatoms. The van der Waals surface area contributed by atoms with Crippen molar-refractivity contribution in [2.45, 2.75) is 60.6 Å². The minimum Gasteiger partial charge on any atom is -0.508 e. The van der Waals surface area contributed by atoms with E-state index in [2.05, 4.69) is 0 Å². The molecule has 3 aromatic carbocycles. The summed E-state index contributed by atoms with van der Waals surface area (Å²) in [4.78, 5) is 8.81. The van der Waals surface area contributed by atoms with Crippen LogP contribution in [0, 0.1) is 41.5 Å². The van der Waals surface area contributed by atoms with Crippen LogP contribution in [0.1, 0.15) is 57.3 Å². The second kappa shape index (κ2) is 13.5. The third-order valence-electron chi connectivity index (χ3n) is 5.48.